The van der Waals surface area contributed by atoms with Crippen LogP contribution in [0.1, 0.15) is 26.2 Å². The van der Waals surface area contributed by atoms with Crippen molar-refractivity contribution in [1.29, 1.82) is 0 Å². The summed E-state index contributed by atoms with van der Waals surface area (Å²) in [6, 6.07) is 0. The van der Waals surface area contributed by atoms with Crippen molar-refractivity contribution in [2.75, 3.05) is 39.6 Å². The van der Waals surface area contributed by atoms with Crippen molar-refractivity contribution in [3.05, 3.63) is 12.2 Å². The zero-order chi connectivity index (χ0) is 16.2. The molecule has 124 valence electrons. The molecular weight excluding hydrogens is 290 g/mol. The fourth-order valence-electron chi connectivity index (χ4n) is 1.69. The molecule has 0 fully saturated rings. The molecule has 0 bridgehead atoms. The Hall–Kier alpha value is -1.73. The van der Waals surface area contributed by atoms with E-state index >= 15 is 0 Å². The lowest BCUT2D eigenvalue weighted by atomic mass is 10.4. The number of carbonyl (C=O) groups excluding carboxylic acids is 3. The number of unbranched alkanes of at least 4 members (excludes halogenated alkanes) is 1. The molecule has 0 N–H and O–H groups in total. The van der Waals surface area contributed by atoms with Crippen molar-refractivity contribution in [1.82, 2.24) is 4.90 Å². The topological polar surface area (TPSA) is 82.1 Å². The second-order valence-electron chi connectivity index (χ2n) is 4.71. The molecule has 0 unspecified atom stereocenters. The normalized spacial score (nSPS) is 14.0. The van der Waals surface area contributed by atoms with E-state index in [4.69, 9.17) is 14.2 Å². The number of hydrogen-bond acceptors (Lipinski definition) is 6. The molecule has 7 nitrogen and oxygen atoms in total. The lowest BCUT2D eigenvalue weighted by Gasteiger charge is -2.13. The van der Waals surface area contributed by atoms with E-state index in [1.165, 1.54) is 12.2 Å². The average Bonchev–Trinajstić information content (AvgIpc) is 2.81. The van der Waals surface area contributed by atoms with E-state index in [1.807, 2.05) is 6.92 Å². The number of nitrogens with zero attached hydrogens (tertiary/aromatic N) is 1. The highest BCUT2D eigenvalue weighted by atomic mass is 16.5. The number of ether oxygens (including phenoxy) is 3. The molecule has 1 rings (SSSR count). The molecule has 0 radical (unpaired) electrons. The van der Waals surface area contributed by atoms with Crippen molar-refractivity contribution in [2.45, 2.75) is 26.2 Å². The molecule has 1 aliphatic rings. The molecule has 0 saturated heterocycles. The summed E-state index contributed by atoms with van der Waals surface area (Å²) in [7, 11) is 0. The van der Waals surface area contributed by atoms with Gasteiger partial charge in [-0.05, 0) is 6.42 Å². The third kappa shape index (κ3) is 7.33. The number of carbonyl (C=O) groups is 3. The minimum atomic E-state index is -0.313. The van der Waals surface area contributed by atoms with Gasteiger partial charge in [0.15, 0.2) is 0 Å². The number of esters is 1. The predicted molar refractivity (Wildman–Crippen MR) is 78.0 cm³/mol. The lowest BCUT2D eigenvalue weighted by molar-refractivity contribution is -0.145. The molecule has 1 aliphatic heterocycles. The summed E-state index contributed by atoms with van der Waals surface area (Å²) in [5, 5.41) is 0. The monoisotopic (exact) mass is 313 g/mol. The summed E-state index contributed by atoms with van der Waals surface area (Å²) >= 11 is 0. The summed E-state index contributed by atoms with van der Waals surface area (Å²) in [5.41, 5.74) is 0. The van der Waals surface area contributed by atoms with E-state index in [-0.39, 0.29) is 37.4 Å². The van der Waals surface area contributed by atoms with Gasteiger partial charge in [0.25, 0.3) is 11.8 Å². The zero-order valence-electron chi connectivity index (χ0n) is 12.9. The number of hydrogen-bond donors (Lipinski definition) is 0. The molecule has 0 atom stereocenters. The SMILES string of the molecule is CCCCOC(=O)CCOCCOCCN1C(=O)C=CC1=O. The van der Waals surface area contributed by atoms with E-state index in [9.17, 15) is 14.4 Å². The largest absolute Gasteiger partial charge is 0.466 e. The van der Waals surface area contributed by atoms with Crippen LogP contribution >= 0.6 is 0 Å². The molecule has 0 saturated carbocycles. The van der Waals surface area contributed by atoms with Crippen LogP contribution in [0.2, 0.25) is 0 Å². The van der Waals surface area contributed by atoms with Gasteiger partial charge in [0.1, 0.15) is 0 Å². The van der Waals surface area contributed by atoms with Gasteiger partial charge >= 0.3 is 5.97 Å². The van der Waals surface area contributed by atoms with Crippen LogP contribution in [-0.2, 0) is 28.6 Å². The summed E-state index contributed by atoms with van der Waals surface area (Å²) in [6.45, 7) is 3.97. The van der Waals surface area contributed by atoms with Gasteiger partial charge in [-0.15, -0.1) is 0 Å². The maximum Gasteiger partial charge on any atom is 0.308 e. The number of rotatable bonds is 12. The number of imide groups is 1. The van der Waals surface area contributed by atoms with E-state index in [2.05, 4.69) is 0 Å². The molecule has 0 aromatic rings. The predicted octanol–water partition coefficient (Wildman–Crippen LogP) is 0.678. The standard InChI is InChI=1S/C15H23NO6/c1-2-3-8-22-15(19)6-9-20-11-12-21-10-7-16-13(17)4-5-14(16)18/h4-5H,2-3,6-12H2,1H3. The van der Waals surface area contributed by atoms with Crippen molar-refractivity contribution in [3.63, 3.8) is 0 Å². The first-order valence-electron chi connectivity index (χ1n) is 7.49. The van der Waals surface area contributed by atoms with Crippen LogP contribution in [0, 0.1) is 0 Å². The summed E-state index contributed by atoms with van der Waals surface area (Å²) in [4.78, 5) is 34.9. The first-order valence-corrected chi connectivity index (χ1v) is 7.49. The van der Waals surface area contributed by atoms with Crippen LogP contribution in [0.5, 0.6) is 0 Å². The van der Waals surface area contributed by atoms with E-state index < -0.39 is 0 Å². The van der Waals surface area contributed by atoms with Crippen LogP contribution in [0.4, 0.5) is 0 Å². The second kappa shape index (κ2) is 10.9. The molecule has 0 aromatic heterocycles. The van der Waals surface area contributed by atoms with Crippen molar-refractivity contribution in [3.8, 4) is 0 Å². The Balaban J connectivity index is 1.89. The van der Waals surface area contributed by atoms with Gasteiger partial charge in [-0.3, -0.25) is 19.3 Å². The Bertz CT molecular complexity index is 389. The lowest BCUT2D eigenvalue weighted by Crippen LogP contribution is -2.33. The second-order valence-corrected chi connectivity index (χ2v) is 4.71. The highest BCUT2D eigenvalue weighted by molar-refractivity contribution is 6.12. The average molecular weight is 313 g/mol. The summed E-state index contributed by atoms with van der Waals surface area (Å²) < 4.78 is 15.5. The van der Waals surface area contributed by atoms with Gasteiger partial charge in [0, 0.05) is 12.2 Å². The molecule has 2 amide bonds. The van der Waals surface area contributed by atoms with Crippen molar-refractivity contribution in [2.24, 2.45) is 0 Å². The van der Waals surface area contributed by atoms with Gasteiger partial charge in [-0.2, -0.15) is 0 Å². The van der Waals surface area contributed by atoms with Gasteiger partial charge in [0.05, 0.1) is 46.0 Å². The quantitative estimate of drug-likeness (QED) is 0.299. The smallest absolute Gasteiger partial charge is 0.308 e. The maximum atomic E-state index is 11.3. The molecule has 0 aliphatic carbocycles. The van der Waals surface area contributed by atoms with Gasteiger partial charge < -0.3 is 14.2 Å². The molecule has 1 heterocycles. The third-order valence-corrected chi connectivity index (χ3v) is 2.94. The fraction of sp³-hybridized carbons (Fsp3) is 0.667. The minimum Gasteiger partial charge on any atom is -0.466 e. The van der Waals surface area contributed by atoms with E-state index in [0.29, 0.717) is 26.4 Å². The Morgan fingerprint density at radius 1 is 1.00 bits per heavy atom. The van der Waals surface area contributed by atoms with Crippen LogP contribution in [0.25, 0.3) is 0 Å². The molecule has 22 heavy (non-hydrogen) atoms. The van der Waals surface area contributed by atoms with Crippen LogP contribution in [0.15, 0.2) is 12.2 Å². The highest BCUT2D eigenvalue weighted by Crippen LogP contribution is 2.02. The van der Waals surface area contributed by atoms with Crippen molar-refractivity contribution >= 4 is 17.8 Å². The van der Waals surface area contributed by atoms with E-state index in [1.54, 1.807) is 0 Å². The molecule has 0 aromatic carbocycles. The summed E-state index contributed by atoms with van der Waals surface area (Å²) in [6.07, 6.45) is 4.58. The van der Waals surface area contributed by atoms with Crippen LogP contribution < -0.4 is 0 Å². The van der Waals surface area contributed by atoms with Crippen LogP contribution in [0.3, 0.4) is 0 Å². The van der Waals surface area contributed by atoms with E-state index in [0.717, 1.165) is 17.7 Å². The minimum absolute atomic E-state index is 0.228. The zero-order valence-corrected chi connectivity index (χ0v) is 12.9. The Labute approximate surface area is 130 Å². The Morgan fingerprint density at radius 3 is 2.27 bits per heavy atom. The first kappa shape index (κ1) is 18.3. The third-order valence-electron chi connectivity index (χ3n) is 2.94. The Morgan fingerprint density at radius 2 is 1.64 bits per heavy atom. The molecule has 0 spiro atoms. The fourth-order valence-corrected chi connectivity index (χ4v) is 1.69. The van der Waals surface area contributed by atoms with Gasteiger partial charge in [0.2, 0.25) is 0 Å². The molecule has 7 heteroatoms. The number of amides is 2. The maximum absolute atomic E-state index is 11.3. The summed E-state index contributed by atoms with van der Waals surface area (Å²) in [5.74, 6) is -0.884. The first-order chi connectivity index (χ1) is 10.6. The van der Waals surface area contributed by atoms with Crippen molar-refractivity contribution < 1.29 is 28.6 Å². The Kier molecular flexibility index (Phi) is 9.09. The highest BCUT2D eigenvalue weighted by Gasteiger charge is 2.22. The van der Waals surface area contributed by atoms with Gasteiger partial charge in [-0.1, -0.05) is 13.3 Å². The molecular formula is C15H23NO6. The van der Waals surface area contributed by atoms with Crippen LogP contribution in [-0.4, -0.2) is 62.3 Å². The van der Waals surface area contributed by atoms with Gasteiger partial charge in [-0.25, -0.2) is 0 Å².